The minimum Gasteiger partial charge on any atom is -0.300 e. The summed E-state index contributed by atoms with van der Waals surface area (Å²) >= 11 is 0. The van der Waals surface area contributed by atoms with Crippen LogP contribution >= 0.6 is 0 Å². The first-order valence-corrected chi connectivity index (χ1v) is 7.32. The number of hydrogen-bond acceptors (Lipinski definition) is 3. The molecule has 0 saturated heterocycles. The first kappa shape index (κ1) is 13.6. The Labute approximate surface area is 132 Å². The van der Waals surface area contributed by atoms with Gasteiger partial charge in [-0.3, -0.25) is 14.2 Å². The molecule has 0 amide bonds. The highest BCUT2D eigenvalue weighted by molar-refractivity contribution is 5.80. The van der Waals surface area contributed by atoms with Gasteiger partial charge in [-0.1, -0.05) is 0 Å². The fourth-order valence-electron chi connectivity index (χ4n) is 2.58. The van der Waals surface area contributed by atoms with Crippen LogP contribution in [0.2, 0.25) is 0 Å². The van der Waals surface area contributed by atoms with Gasteiger partial charge in [0.25, 0.3) is 0 Å². The number of alkyl halides is 1. The van der Waals surface area contributed by atoms with E-state index in [1.54, 1.807) is 23.3 Å². The number of aryl methyl sites for hydroxylation is 1. The number of halogens is 1. The quantitative estimate of drug-likeness (QED) is 0.581. The lowest BCUT2D eigenvalue weighted by Crippen LogP contribution is -2.00. The predicted octanol–water partition coefficient (Wildman–Crippen LogP) is 3.25. The van der Waals surface area contributed by atoms with Crippen molar-refractivity contribution in [3.63, 3.8) is 0 Å². The van der Waals surface area contributed by atoms with E-state index in [-0.39, 0.29) is 6.54 Å². The Morgan fingerprint density at radius 3 is 2.78 bits per heavy atom. The van der Waals surface area contributed by atoms with E-state index < -0.39 is 6.67 Å². The molecule has 4 rings (SSSR count). The topological polar surface area (TPSA) is 48.5 Å². The van der Waals surface area contributed by atoms with E-state index in [0.29, 0.717) is 0 Å². The Kier molecular flexibility index (Phi) is 3.34. The van der Waals surface area contributed by atoms with Gasteiger partial charge in [-0.2, -0.15) is 5.10 Å². The molecule has 0 bridgehead atoms. The summed E-state index contributed by atoms with van der Waals surface area (Å²) in [5, 5.41) is 5.45. The molecule has 0 aliphatic heterocycles. The van der Waals surface area contributed by atoms with E-state index in [9.17, 15) is 4.39 Å². The lowest BCUT2D eigenvalue weighted by Gasteiger charge is -2.05. The minimum absolute atomic E-state index is 0.272. The summed E-state index contributed by atoms with van der Waals surface area (Å²) in [6.45, 7) is -0.152. The summed E-state index contributed by atoms with van der Waals surface area (Å²) in [5.41, 5.74) is 2.71. The molecule has 0 aliphatic rings. The van der Waals surface area contributed by atoms with Crippen molar-refractivity contribution in [1.82, 2.24) is 24.3 Å². The van der Waals surface area contributed by atoms with Gasteiger partial charge in [0.05, 0.1) is 24.0 Å². The van der Waals surface area contributed by atoms with Crippen LogP contribution in [0.5, 0.6) is 0 Å². The summed E-state index contributed by atoms with van der Waals surface area (Å²) in [5.74, 6) is 0.819. The van der Waals surface area contributed by atoms with E-state index >= 15 is 0 Å². The van der Waals surface area contributed by atoms with Crippen LogP contribution in [0, 0.1) is 0 Å². The van der Waals surface area contributed by atoms with Crippen LogP contribution in [0.15, 0.2) is 61.3 Å². The molecule has 114 valence electrons. The van der Waals surface area contributed by atoms with Gasteiger partial charge in [-0.25, -0.2) is 9.37 Å². The Balaban J connectivity index is 1.67. The van der Waals surface area contributed by atoms with Crippen molar-refractivity contribution in [1.29, 1.82) is 0 Å². The molecule has 0 radical (unpaired) electrons. The predicted molar refractivity (Wildman–Crippen MR) is 86.1 cm³/mol. The third-order valence-electron chi connectivity index (χ3n) is 3.74. The van der Waals surface area contributed by atoms with Crippen molar-refractivity contribution in [3.8, 4) is 17.1 Å². The van der Waals surface area contributed by atoms with E-state index in [1.807, 2.05) is 47.3 Å². The van der Waals surface area contributed by atoms with E-state index in [1.165, 1.54) is 0 Å². The second kappa shape index (κ2) is 5.64. The molecule has 23 heavy (non-hydrogen) atoms. The van der Waals surface area contributed by atoms with Crippen molar-refractivity contribution in [3.05, 3.63) is 61.3 Å². The molecule has 0 fully saturated rings. The molecular weight excluding hydrogens is 293 g/mol. The van der Waals surface area contributed by atoms with Gasteiger partial charge >= 0.3 is 0 Å². The van der Waals surface area contributed by atoms with Crippen LogP contribution in [0.4, 0.5) is 4.39 Å². The van der Waals surface area contributed by atoms with Crippen LogP contribution in [-0.2, 0) is 6.54 Å². The van der Waals surface area contributed by atoms with Gasteiger partial charge in [0.2, 0.25) is 0 Å². The van der Waals surface area contributed by atoms with Crippen LogP contribution in [0.25, 0.3) is 28.0 Å². The maximum atomic E-state index is 12.3. The summed E-state index contributed by atoms with van der Waals surface area (Å²) in [6.07, 6.45) is 9.12. The molecule has 4 aromatic rings. The fourth-order valence-corrected chi connectivity index (χ4v) is 2.58. The summed E-state index contributed by atoms with van der Waals surface area (Å²) in [4.78, 5) is 8.68. The Morgan fingerprint density at radius 1 is 1.00 bits per heavy atom. The molecule has 0 N–H and O–H groups in total. The third kappa shape index (κ3) is 2.48. The zero-order valence-electron chi connectivity index (χ0n) is 12.3. The van der Waals surface area contributed by atoms with Crippen LogP contribution in [0.1, 0.15) is 0 Å². The average Bonchev–Trinajstić information content (AvgIpc) is 3.22. The fraction of sp³-hybridized carbons (Fsp3) is 0.118. The molecule has 0 aromatic carbocycles. The van der Waals surface area contributed by atoms with E-state index in [0.717, 1.165) is 28.0 Å². The minimum atomic E-state index is -0.424. The smallest absolute Gasteiger partial charge is 0.137 e. The van der Waals surface area contributed by atoms with Gasteiger partial charge in [0.15, 0.2) is 0 Å². The lowest BCUT2D eigenvalue weighted by molar-refractivity contribution is 0.427. The normalized spacial score (nSPS) is 11.2. The molecule has 0 aliphatic carbocycles. The highest BCUT2D eigenvalue weighted by atomic mass is 19.1. The van der Waals surface area contributed by atoms with Gasteiger partial charge in [0, 0.05) is 35.7 Å². The SMILES string of the molecule is FCCn1ccc(-c2ccc(-n3ccc4ccncc43)nc2)n1. The van der Waals surface area contributed by atoms with E-state index in [2.05, 4.69) is 15.1 Å². The van der Waals surface area contributed by atoms with Crippen LogP contribution < -0.4 is 0 Å². The lowest BCUT2D eigenvalue weighted by atomic mass is 10.2. The summed E-state index contributed by atoms with van der Waals surface area (Å²) in [6, 6.07) is 9.77. The van der Waals surface area contributed by atoms with Gasteiger partial charge < -0.3 is 0 Å². The zero-order chi connectivity index (χ0) is 15.6. The first-order chi connectivity index (χ1) is 11.3. The second-order valence-electron chi connectivity index (χ2n) is 5.18. The monoisotopic (exact) mass is 307 g/mol. The molecule has 0 spiro atoms. The summed E-state index contributed by atoms with van der Waals surface area (Å²) in [7, 11) is 0. The second-order valence-corrected chi connectivity index (χ2v) is 5.18. The van der Waals surface area contributed by atoms with Crippen molar-refractivity contribution in [2.45, 2.75) is 6.54 Å². The molecule has 0 unspecified atom stereocenters. The van der Waals surface area contributed by atoms with Crippen molar-refractivity contribution < 1.29 is 4.39 Å². The molecule has 5 nitrogen and oxygen atoms in total. The van der Waals surface area contributed by atoms with Crippen LogP contribution in [-0.4, -0.2) is 31.0 Å². The molecule has 0 saturated carbocycles. The average molecular weight is 307 g/mol. The maximum absolute atomic E-state index is 12.3. The molecular formula is C17H14FN5. The summed E-state index contributed by atoms with van der Waals surface area (Å²) < 4.78 is 15.9. The third-order valence-corrected chi connectivity index (χ3v) is 3.74. The van der Waals surface area contributed by atoms with Gasteiger partial charge in [-0.15, -0.1) is 0 Å². The van der Waals surface area contributed by atoms with Gasteiger partial charge in [0.1, 0.15) is 12.5 Å². The molecule has 0 atom stereocenters. The number of hydrogen-bond donors (Lipinski definition) is 0. The van der Waals surface area contributed by atoms with Crippen molar-refractivity contribution >= 4 is 10.9 Å². The van der Waals surface area contributed by atoms with Crippen molar-refractivity contribution in [2.75, 3.05) is 6.67 Å². The number of rotatable bonds is 4. The van der Waals surface area contributed by atoms with Crippen LogP contribution in [0.3, 0.4) is 0 Å². The number of fused-ring (bicyclic) bond motifs is 1. The number of nitrogens with zero attached hydrogens (tertiary/aromatic N) is 5. The number of aromatic nitrogens is 5. The molecule has 6 heteroatoms. The maximum Gasteiger partial charge on any atom is 0.137 e. The Morgan fingerprint density at radius 2 is 1.96 bits per heavy atom. The Hall–Kier alpha value is -3.02. The Bertz CT molecular complexity index is 939. The highest BCUT2D eigenvalue weighted by Gasteiger charge is 2.06. The van der Waals surface area contributed by atoms with Crippen molar-refractivity contribution in [2.24, 2.45) is 0 Å². The first-order valence-electron chi connectivity index (χ1n) is 7.32. The number of pyridine rings is 2. The molecule has 4 aromatic heterocycles. The zero-order valence-corrected chi connectivity index (χ0v) is 12.3. The van der Waals surface area contributed by atoms with Gasteiger partial charge in [-0.05, 0) is 30.3 Å². The molecule has 4 heterocycles. The van der Waals surface area contributed by atoms with E-state index in [4.69, 9.17) is 0 Å². The largest absolute Gasteiger partial charge is 0.300 e. The standard InChI is InChI=1S/C17H14FN5/c18-6-10-22-8-5-15(21-22)14-1-2-17(20-11-14)23-9-4-13-3-7-19-12-16(13)23/h1-5,7-9,11-12H,6,10H2. The highest BCUT2D eigenvalue weighted by Crippen LogP contribution is 2.21.